The highest BCUT2D eigenvalue weighted by molar-refractivity contribution is 5.91. The van der Waals surface area contributed by atoms with Crippen molar-refractivity contribution in [3.05, 3.63) is 30.1 Å². The van der Waals surface area contributed by atoms with Crippen molar-refractivity contribution in [1.82, 2.24) is 25.1 Å². The molecule has 0 aliphatic carbocycles. The van der Waals surface area contributed by atoms with E-state index in [0.717, 1.165) is 24.0 Å². The number of ether oxygens (including phenoxy) is 1. The molecule has 2 N–H and O–H groups in total. The summed E-state index contributed by atoms with van der Waals surface area (Å²) in [5.41, 5.74) is 0.826. The fourth-order valence-electron chi connectivity index (χ4n) is 3.75. The third-order valence-corrected chi connectivity index (χ3v) is 5.50. The van der Waals surface area contributed by atoms with Gasteiger partial charge in [-0.15, -0.1) is 0 Å². The maximum Gasteiger partial charge on any atom is 0.328 e. The Kier molecular flexibility index (Phi) is 8.21. The molecular formula is C23H34N6O3. The molecular weight excluding hydrogens is 408 g/mol. The van der Waals surface area contributed by atoms with Crippen molar-refractivity contribution in [2.45, 2.75) is 40.3 Å². The number of nitrogens with one attached hydrogen (secondary N) is 2. The molecule has 1 aromatic carbocycles. The Balaban J connectivity index is 1.78. The molecule has 0 bridgehead atoms. The molecule has 0 radical (unpaired) electrons. The lowest BCUT2D eigenvalue weighted by Crippen LogP contribution is -2.51. The minimum Gasteiger partial charge on any atom is -0.464 e. The molecule has 9 nitrogen and oxygen atoms in total. The smallest absolute Gasteiger partial charge is 0.328 e. The summed E-state index contributed by atoms with van der Waals surface area (Å²) in [4.78, 5) is 38.1. The number of hydrogen-bond donors (Lipinski definition) is 2. The monoisotopic (exact) mass is 442 g/mol. The summed E-state index contributed by atoms with van der Waals surface area (Å²) < 4.78 is 5.26. The van der Waals surface area contributed by atoms with E-state index < -0.39 is 6.04 Å². The molecule has 3 rings (SSSR count). The molecule has 1 fully saturated rings. The van der Waals surface area contributed by atoms with Crippen molar-refractivity contribution in [2.75, 3.05) is 44.6 Å². The molecule has 9 heteroatoms. The molecule has 1 aliphatic rings. The van der Waals surface area contributed by atoms with Crippen LogP contribution in [0.4, 0.5) is 10.6 Å². The van der Waals surface area contributed by atoms with E-state index in [2.05, 4.69) is 15.5 Å². The van der Waals surface area contributed by atoms with E-state index in [1.165, 1.54) is 0 Å². The van der Waals surface area contributed by atoms with Crippen LogP contribution in [-0.2, 0) is 16.1 Å². The third kappa shape index (κ3) is 5.85. The number of aromatic nitrogens is 2. The van der Waals surface area contributed by atoms with Crippen LogP contribution < -0.4 is 10.6 Å². The van der Waals surface area contributed by atoms with E-state index in [-0.39, 0.29) is 17.9 Å². The number of fused-ring (bicyclic) bond motifs is 1. The number of esters is 1. The van der Waals surface area contributed by atoms with E-state index in [0.29, 0.717) is 44.4 Å². The first kappa shape index (κ1) is 23.7. The van der Waals surface area contributed by atoms with Gasteiger partial charge in [-0.2, -0.15) is 0 Å². The van der Waals surface area contributed by atoms with Gasteiger partial charge < -0.3 is 20.3 Å². The zero-order valence-electron chi connectivity index (χ0n) is 19.4. The van der Waals surface area contributed by atoms with Crippen molar-refractivity contribution in [3.8, 4) is 0 Å². The second-order valence-corrected chi connectivity index (χ2v) is 8.22. The van der Waals surface area contributed by atoms with Crippen LogP contribution in [0.15, 0.2) is 24.3 Å². The van der Waals surface area contributed by atoms with Gasteiger partial charge in [-0.25, -0.2) is 19.6 Å². The number of carbonyl (C=O) groups is 2. The van der Waals surface area contributed by atoms with Crippen LogP contribution in [0, 0.1) is 5.92 Å². The number of benzene rings is 1. The second-order valence-electron chi connectivity index (χ2n) is 8.22. The highest BCUT2D eigenvalue weighted by Crippen LogP contribution is 2.23. The minimum atomic E-state index is -0.498. The molecule has 1 aromatic heterocycles. The van der Waals surface area contributed by atoms with Crippen LogP contribution in [-0.4, -0.2) is 77.1 Å². The van der Waals surface area contributed by atoms with Crippen LogP contribution in [0.25, 0.3) is 10.9 Å². The molecule has 32 heavy (non-hydrogen) atoms. The van der Waals surface area contributed by atoms with Gasteiger partial charge in [-0.1, -0.05) is 26.0 Å². The van der Waals surface area contributed by atoms with Crippen molar-refractivity contribution >= 4 is 28.7 Å². The zero-order valence-corrected chi connectivity index (χ0v) is 19.4. The van der Waals surface area contributed by atoms with Crippen molar-refractivity contribution < 1.29 is 14.3 Å². The number of piperazine rings is 1. The van der Waals surface area contributed by atoms with Crippen LogP contribution in [0.3, 0.4) is 0 Å². The first-order chi connectivity index (χ1) is 15.4. The zero-order chi connectivity index (χ0) is 23.1. The number of hydrogen-bond acceptors (Lipinski definition) is 7. The Labute approximate surface area is 189 Å². The van der Waals surface area contributed by atoms with Gasteiger partial charge in [0.05, 0.1) is 18.7 Å². The minimum absolute atomic E-state index is 0.0146. The standard InChI is InChI=1S/C23H34N6O3/c1-5-24-23(31)29-13-11-28(12-14-29)15-19-25-18-10-8-7-9-17(18)21(26-19)27-20(16(3)4)22(30)32-6-2/h7-10,16,20H,5-6,11-15H2,1-4H3,(H,24,31)(H,25,26,27)/t20-/m0/s1. The van der Waals surface area contributed by atoms with Crippen LogP contribution in [0.5, 0.6) is 0 Å². The molecule has 1 atom stereocenters. The van der Waals surface area contributed by atoms with E-state index in [1.54, 1.807) is 6.92 Å². The fraction of sp³-hybridized carbons (Fsp3) is 0.565. The average Bonchev–Trinajstić information content (AvgIpc) is 2.78. The lowest BCUT2D eigenvalue weighted by atomic mass is 10.0. The van der Waals surface area contributed by atoms with E-state index in [9.17, 15) is 9.59 Å². The van der Waals surface area contributed by atoms with Crippen LogP contribution >= 0.6 is 0 Å². The largest absolute Gasteiger partial charge is 0.464 e. The van der Waals surface area contributed by atoms with Gasteiger partial charge in [-0.05, 0) is 31.9 Å². The summed E-state index contributed by atoms with van der Waals surface area (Å²) in [5.74, 6) is 1.07. The summed E-state index contributed by atoms with van der Waals surface area (Å²) >= 11 is 0. The first-order valence-corrected chi connectivity index (χ1v) is 11.4. The molecule has 2 amide bonds. The first-order valence-electron chi connectivity index (χ1n) is 11.4. The topological polar surface area (TPSA) is 99.7 Å². The SMILES string of the molecule is CCNC(=O)N1CCN(Cc2nc(N[C@H](C(=O)OCC)C(C)C)c3ccccc3n2)CC1. The molecule has 0 saturated carbocycles. The molecule has 174 valence electrons. The average molecular weight is 443 g/mol. The molecule has 1 saturated heterocycles. The Bertz CT molecular complexity index is 927. The number of rotatable bonds is 8. The molecule has 1 aliphatic heterocycles. The summed E-state index contributed by atoms with van der Waals surface area (Å²) in [7, 11) is 0. The van der Waals surface area contributed by atoms with Gasteiger partial charge >= 0.3 is 12.0 Å². The third-order valence-electron chi connectivity index (χ3n) is 5.50. The number of urea groups is 1. The second kappa shape index (κ2) is 11.1. The predicted octanol–water partition coefficient (Wildman–Crippen LogP) is 2.48. The molecule has 0 unspecified atom stereocenters. The van der Waals surface area contributed by atoms with Crippen molar-refractivity contribution in [2.24, 2.45) is 5.92 Å². The predicted molar refractivity (Wildman–Crippen MR) is 124 cm³/mol. The highest BCUT2D eigenvalue weighted by atomic mass is 16.5. The molecule has 2 heterocycles. The van der Waals surface area contributed by atoms with Gasteiger partial charge in [-0.3, -0.25) is 4.90 Å². The lowest BCUT2D eigenvalue weighted by Gasteiger charge is -2.34. The number of amides is 2. The summed E-state index contributed by atoms with van der Waals surface area (Å²) in [6.45, 7) is 12.1. The normalized spacial score (nSPS) is 15.6. The van der Waals surface area contributed by atoms with E-state index >= 15 is 0 Å². The van der Waals surface area contributed by atoms with Crippen molar-refractivity contribution in [3.63, 3.8) is 0 Å². The number of para-hydroxylation sites is 1. The molecule has 0 spiro atoms. The maximum atomic E-state index is 12.5. The van der Waals surface area contributed by atoms with Crippen molar-refractivity contribution in [1.29, 1.82) is 0 Å². The quantitative estimate of drug-likeness (QED) is 0.606. The Morgan fingerprint density at radius 3 is 2.47 bits per heavy atom. The molecule has 2 aromatic rings. The van der Waals surface area contributed by atoms with Gasteiger partial charge in [0.2, 0.25) is 0 Å². The summed E-state index contributed by atoms with van der Waals surface area (Å²) in [6, 6.07) is 7.27. The van der Waals surface area contributed by atoms with E-state index in [1.807, 2.05) is 49.9 Å². The van der Waals surface area contributed by atoms with Gasteiger partial charge in [0, 0.05) is 38.1 Å². The fourth-order valence-corrected chi connectivity index (χ4v) is 3.75. The summed E-state index contributed by atoms with van der Waals surface area (Å²) in [6.07, 6.45) is 0. The number of anilines is 1. The highest BCUT2D eigenvalue weighted by Gasteiger charge is 2.26. The number of carbonyl (C=O) groups excluding carboxylic acids is 2. The maximum absolute atomic E-state index is 12.5. The Morgan fingerprint density at radius 1 is 1.09 bits per heavy atom. The van der Waals surface area contributed by atoms with Gasteiger partial charge in [0.1, 0.15) is 17.7 Å². The Morgan fingerprint density at radius 2 is 1.81 bits per heavy atom. The number of nitrogens with zero attached hydrogens (tertiary/aromatic N) is 4. The van der Waals surface area contributed by atoms with Gasteiger partial charge in [0.15, 0.2) is 0 Å². The van der Waals surface area contributed by atoms with E-state index in [4.69, 9.17) is 14.7 Å². The lowest BCUT2D eigenvalue weighted by molar-refractivity contribution is -0.145. The van der Waals surface area contributed by atoms with Crippen LogP contribution in [0.2, 0.25) is 0 Å². The summed E-state index contributed by atoms with van der Waals surface area (Å²) in [5, 5.41) is 7.03. The Hall–Kier alpha value is -2.94. The van der Waals surface area contributed by atoms with Gasteiger partial charge in [0.25, 0.3) is 0 Å². The van der Waals surface area contributed by atoms with Crippen LogP contribution in [0.1, 0.15) is 33.5 Å².